The van der Waals surface area contributed by atoms with Gasteiger partial charge < -0.3 is 9.13 Å². The van der Waals surface area contributed by atoms with E-state index in [4.69, 9.17) is 15.0 Å². The van der Waals surface area contributed by atoms with Gasteiger partial charge in [0, 0.05) is 43.8 Å². The monoisotopic (exact) mass is 996 g/mol. The van der Waals surface area contributed by atoms with Gasteiger partial charge in [-0.3, -0.25) is 0 Å². The average molecular weight is 997 g/mol. The second-order valence-electron chi connectivity index (χ2n) is 20.1. The molecule has 3 heterocycles. The number of aromatic nitrogens is 5. The van der Waals surface area contributed by atoms with Crippen molar-refractivity contribution in [2.75, 3.05) is 0 Å². The lowest BCUT2D eigenvalue weighted by molar-refractivity contribution is 1.06. The van der Waals surface area contributed by atoms with Crippen molar-refractivity contribution in [2.45, 2.75) is 13.8 Å². The highest BCUT2D eigenvalue weighted by atomic mass is 15.1. The Morgan fingerprint density at radius 2 is 0.705 bits per heavy atom. The van der Waals surface area contributed by atoms with Crippen LogP contribution in [-0.4, -0.2) is 24.1 Å². The van der Waals surface area contributed by atoms with E-state index in [2.05, 4.69) is 223 Å². The summed E-state index contributed by atoms with van der Waals surface area (Å²) in [4.78, 5) is 16.0. The Morgan fingerprint density at radius 3 is 1.24 bits per heavy atom. The molecule has 0 unspecified atom stereocenters. The number of benzene rings is 11. The third-order valence-electron chi connectivity index (χ3n) is 15.1. The predicted octanol–water partition coefficient (Wildman–Crippen LogP) is 18.2. The van der Waals surface area contributed by atoms with Gasteiger partial charge in [-0.1, -0.05) is 199 Å². The summed E-state index contributed by atoms with van der Waals surface area (Å²) >= 11 is 0. The number of hydrogen-bond donors (Lipinski definition) is 0. The van der Waals surface area contributed by atoms with E-state index in [1.807, 2.05) is 60.7 Å². The van der Waals surface area contributed by atoms with Crippen molar-refractivity contribution in [3.8, 4) is 96.1 Å². The Hall–Kier alpha value is -10.5. The first-order valence-electron chi connectivity index (χ1n) is 26.3. The van der Waals surface area contributed by atoms with Gasteiger partial charge in [0.1, 0.15) is 0 Å². The molecule has 0 aliphatic carbocycles. The molecule has 14 aromatic rings. The predicted molar refractivity (Wildman–Crippen MR) is 321 cm³/mol. The van der Waals surface area contributed by atoms with Crippen LogP contribution in [0.1, 0.15) is 16.7 Å². The van der Waals surface area contributed by atoms with Crippen LogP contribution in [0, 0.1) is 25.2 Å². The highest BCUT2D eigenvalue weighted by Gasteiger charge is 2.24. The van der Waals surface area contributed by atoms with Crippen LogP contribution in [0.5, 0.6) is 0 Å². The van der Waals surface area contributed by atoms with Gasteiger partial charge in [0.25, 0.3) is 0 Å². The Balaban J connectivity index is 1.07. The van der Waals surface area contributed by atoms with Crippen LogP contribution in [0.2, 0.25) is 0 Å². The minimum atomic E-state index is 0.537. The minimum absolute atomic E-state index is 0.537. The van der Waals surface area contributed by atoms with Crippen LogP contribution in [0.15, 0.2) is 255 Å². The summed E-state index contributed by atoms with van der Waals surface area (Å²) in [6.45, 7) is 4.28. The van der Waals surface area contributed by atoms with Crippen molar-refractivity contribution in [1.82, 2.24) is 24.1 Å². The number of aryl methyl sites for hydroxylation is 2. The fourth-order valence-electron chi connectivity index (χ4n) is 11.4. The summed E-state index contributed by atoms with van der Waals surface area (Å²) in [5.74, 6) is 1.69. The molecule has 14 rings (SSSR count). The molecule has 0 saturated carbocycles. The van der Waals surface area contributed by atoms with Crippen molar-refractivity contribution in [3.05, 3.63) is 271 Å². The van der Waals surface area contributed by atoms with Gasteiger partial charge in [-0.25, -0.2) is 15.0 Å². The minimum Gasteiger partial charge on any atom is -0.309 e. The number of nitriles is 1. The number of nitrogens with zero attached hydrogens (tertiary/aromatic N) is 6. The first-order valence-corrected chi connectivity index (χ1v) is 26.3. The van der Waals surface area contributed by atoms with Gasteiger partial charge >= 0.3 is 0 Å². The van der Waals surface area contributed by atoms with Gasteiger partial charge in [-0.05, 0) is 120 Å². The van der Waals surface area contributed by atoms with E-state index in [1.165, 1.54) is 22.3 Å². The van der Waals surface area contributed by atoms with Crippen LogP contribution in [0.25, 0.3) is 134 Å². The molecule has 0 bridgehead atoms. The Kier molecular flexibility index (Phi) is 11.2. The molecule has 11 aromatic carbocycles. The fourth-order valence-corrected chi connectivity index (χ4v) is 11.4. The lowest BCUT2D eigenvalue weighted by Crippen LogP contribution is -2.04. The van der Waals surface area contributed by atoms with Gasteiger partial charge in [0.05, 0.1) is 45.1 Å². The summed E-state index contributed by atoms with van der Waals surface area (Å²) in [5.41, 5.74) is 20.3. The molecule has 366 valence electrons. The van der Waals surface area contributed by atoms with Crippen LogP contribution in [0.4, 0.5) is 0 Å². The maximum atomic E-state index is 10.5. The standard InChI is InChI=1S/C72H48N6/c1-46-17-15-24-50(39-46)52-31-35-67-61(41-52)58-27-11-13-29-64(58)77(67)66-37-33-54(57-26-10-9-23-56(57)45-73)43-60(66)55-34-38-69(63(44-55)72-75-70(48-19-5-3-6-20-48)74-71(76-72)49-21-7-4-8-22-49)78-65-30-14-12-28-59(65)62-42-53(32-36-68(62)78)51-25-16-18-47(2)40-51/h3-44H,1-2H3. The zero-order valence-electron chi connectivity index (χ0n) is 42.9. The summed E-state index contributed by atoms with van der Waals surface area (Å²) in [6, 6.07) is 92.4. The maximum Gasteiger partial charge on any atom is 0.166 e. The van der Waals surface area contributed by atoms with Crippen LogP contribution < -0.4 is 0 Å². The van der Waals surface area contributed by atoms with Crippen LogP contribution in [-0.2, 0) is 0 Å². The molecule has 0 amide bonds. The number of hydrogen-bond acceptors (Lipinski definition) is 4. The van der Waals surface area contributed by atoms with Crippen molar-refractivity contribution in [3.63, 3.8) is 0 Å². The fraction of sp³-hybridized carbons (Fsp3) is 0.0278. The van der Waals surface area contributed by atoms with Crippen LogP contribution >= 0.6 is 0 Å². The first kappa shape index (κ1) is 46.1. The quantitative estimate of drug-likeness (QED) is 0.144. The highest BCUT2D eigenvalue weighted by molar-refractivity contribution is 6.12. The number of rotatable bonds is 9. The lowest BCUT2D eigenvalue weighted by Gasteiger charge is -2.19. The smallest absolute Gasteiger partial charge is 0.166 e. The second-order valence-corrected chi connectivity index (χ2v) is 20.1. The van der Waals surface area contributed by atoms with Gasteiger partial charge in [0.2, 0.25) is 0 Å². The molecule has 0 saturated heterocycles. The first-order chi connectivity index (χ1) is 38.4. The number of para-hydroxylation sites is 2. The SMILES string of the molecule is Cc1cccc(-c2ccc3c(c2)c2ccccc2n3-c2ccc(-c3ccccc3C#N)cc2-c2ccc(-n3c4ccccc4c4cc(-c5cccc(C)c5)ccc43)c(-c3nc(-c4ccccc4)nc(-c4ccccc4)n3)c2)c1. The third-order valence-corrected chi connectivity index (χ3v) is 15.1. The molecule has 0 atom stereocenters. The van der Waals surface area contributed by atoms with Gasteiger partial charge in [-0.2, -0.15) is 5.26 Å². The largest absolute Gasteiger partial charge is 0.309 e. The summed E-state index contributed by atoms with van der Waals surface area (Å²) in [6.07, 6.45) is 0. The van der Waals surface area contributed by atoms with E-state index in [-0.39, 0.29) is 0 Å². The van der Waals surface area contributed by atoms with Gasteiger partial charge in [-0.15, -0.1) is 0 Å². The zero-order valence-corrected chi connectivity index (χ0v) is 42.9. The topological polar surface area (TPSA) is 72.3 Å². The third kappa shape index (κ3) is 8.01. The molecule has 6 heteroatoms. The van der Waals surface area contributed by atoms with E-state index in [1.54, 1.807) is 0 Å². The molecule has 0 fully saturated rings. The molecular formula is C72H48N6. The molecule has 0 N–H and O–H groups in total. The highest BCUT2D eigenvalue weighted by Crippen LogP contribution is 2.44. The second kappa shape index (κ2) is 19.0. The Bertz CT molecular complexity index is 4650. The van der Waals surface area contributed by atoms with Crippen molar-refractivity contribution in [2.24, 2.45) is 0 Å². The summed E-state index contributed by atoms with van der Waals surface area (Å²) in [7, 11) is 0. The number of fused-ring (bicyclic) bond motifs is 6. The maximum absolute atomic E-state index is 10.5. The van der Waals surface area contributed by atoms with Crippen molar-refractivity contribution >= 4 is 43.6 Å². The van der Waals surface area contributed by atoms with Crippen LogP contribution in [0.3, 0.4) is 0 Å². The van der Waals surface area contributed by atoms with E-state index < -0.39 is 0 Å². The van der Waals surface area contributed by atoms with E-state index in [9.17, 15) is 5.26 Å². The zero-order chi connectivity index (χ0) is 52.3. The molecule has 0 radical (unpaired) electrons. The summed E-state index contributed by atoms with van der Waals surface area (Å²) in [5, 5.41) is 15.1. The molecule has 0 aliphatic heterocycles. The molecule has 3 aromatic heterocycles. The van der Waals surface area contributed by atoms with Gasteiger partial charge in [0.15, 0.2) is 17.5 Å². The van der Waals surface area contributed by atoms with Crippen molar-refractivity contribution < 1.29 is 0 Å². The van der Waals surface area contributed by atoms with E-state index in [0.29, 0.717) is 23.0 Å². The van der Waals surface area contributed by atoms with E-state index >= 15 is 0 Å². The molecule has 78 heavy (non-hydrogen) atoms. The van der Waals surface area contributed by atoms with E-state index in [0.717, 1.165) is 105 Å². The molecule has 6 nitrogen and oxygen atoms in total. The molecule has 0 spiro atoms. The Labute approximate surface area is 452 Å². The Morgan fingerprint density at radius 1 is 0.295 bits per heavy atom. The summed E-state index contributed by atoms with van der Waals surface area (Å²) < 4.78 is 4.77. The lowest BCUT2D eigenvalue weighted by atomic mass is 9.93. The average Bonchev–Trinajstić information content (AvgIpc) is 4.22. The molecular weight excluding hydrogens is 949 g/mol. The molecule has 0 aliphatic rings. The van der Waals surface area contributed by atoms with Crippen molar-refractivity contribution in [1.29, 1.82) is 5.26 Å². The normalized spacial score (nSPS) is 11.4.